The number of nitrogens with one attached hydrogen (secondary N) is 1. The highest BCUT2D eigenvalue weighted by Gasteiger charge is 2.46. The van der Waals surface area contributed by atoms with Crippen LogP contribution in [-0.4, -0.2) is 30.9 Å². The molecule has 1 aliphatic carbocycles. The third-order valence-electron chi connectivity index (χ3n) is 3.97. The first kappa shape index (κ1) is 12.2. The van der Waals surface area contributed by atoms with Crippen molar-refractivity contribution in [2.75, 3.05) is 13.2 Å². The lowest BCUT2D eigenvalue weighted by Gasteiger charge is -2.51. The number of hydrogen-bond acceptors (Lipinski definition) is 3. The van der Waals surface area contributed by atoms with E-state index in [1.807, 2.05) is 6.07 Å². The second-order valence-electron chi connectivity index (χ2n) is 5.61. The summed E-state index contributed by atoms with van der Waals surface area (Å²) in [4.78, 5) is 0. The first-order valence-electron chi connectivity index (χ1n) is 6.78. The molecular weight excluding hydrogens is 226 g/mol. The lowest BCUT2D eigenvalue weighted by Crippen LogP contribution is -2.65. The minimum absolute atomic E-state index is 0.202. The third kappa shape index (κ3) is 2.58. The molecule has 1 aromatic rings. The van der Waals surface area contributed by atoms with Crippen molar-refractivity contribution in [1.29, 1.82) is 0 Å². The van der Waals surface area contributed by atoms with Crippen LogP contribution in [0, 0.1) is 0 Å². The predicted molar refractivity (Wildman–Crippen MR) is 70.4 cm³/mol. The summed E-state index contributed by atoms with van der Waals surface area (Å²) in [6, 6.07) is 10.4. The fraction of sp³-hybridized carbons (Fsp3) is 0.600. The normalized spacial score (nSPS) is 35.4. The van der Waals surface area contributed by atoms with E-state index in [4.69, 9.17) is 9.47 Å². The second-order valence-corrected chi connectivity index (χ2v) is 5.61. The zero-order valence-corrected chi connectivity index (χ0v) is 10.9. The van der Waals surface area contributed by atoms with Gasteiger partial charge in [0, 0.05) is 12.1 Å². The van der Waals surface area contributed by atoms with Gasteiger partial charge in [-0.1, -0.05) is 30.3 Å². The Bertz CT molecular complexity index is 377. The number of rotatable bonds is 3. The van der Waals surface area contributed by atoms with Gasteiger partial charge in [-0.15, -0.1) is 0 Å². The molecular formula is C15H21NO2. The number of morpholine rings is 1. The molecule has 1 saturated carbocycles. The molecule has 0 aromatic heterocycles. The number of benzene rings is 1. The van der Waals surface area contributed by atoms with Crippen molar-refractivity contribution in [3.05, 3.63) is 35.9 Å². The van der Waals surface area contributed by atoms with Crippen molar-refractivity contribution in [3.8, 4) is 0 Å². The summed E-state index contributed by atoms with van der Waals surface area (Å²) in [6.07, 6.45) is 2.88. The topological polar surface area (TPSA) is 30.5 Å². The summed E-state index contributed by atoms with van der Waals surface area (Å²) in [6.45, 7) is 4.63. The lowest BCUT2D eigenvalue weighted by molar-refractivity contribution is -0.123. The molecule has 1 spiro atoms. The Balaban J connectivity index is 1.43. The van der Waals surface area contributed by atoms with E-state index in [-0.39, 0.29) is 5.54 Å². The van der Waals surface area contributed by atoms with Gasteiger partial charge in [-0.2, -0.15) is 0 Å². The van der Waals surface area contributed by atoms with Gasteiger partial charge in [0.15, 0.2) is 0 Å². The van der Waals surface area contributed by atoms with Gasteiger partial charge in [-0.3, -0.25) is 0 Å². The summed E-state index contributed by atoms with van der Waals surface area (Å²) in [5.41, 5.74) is 1.45. The molecule has 1 saturated heterocycles. The molecule has 3 nitrogen and oxygen atoms in total. The largest absolute Gasteiger partial charge is 0.375 e. The van der Waals surface area contributed by atoms with E-state index in [0.29, 0.717) is 12.2 Å². The highest BCUT2D eigenvalue weighted by Crippen LogP contribution is 2.37. The molecule has 1 N–H and O–H groups in total. The van der Waals surface area contributed by atoms with Gasteiger partial charge in [0.1, 0.15) is 0 Å². The van der Waals surface area contributed by atoms with Gasteiger partial charge in [-0.05, 0) is 25.3 Å². The molecule has 3 heteroatoms. The Labute approximate surface area is 108 Å². The first-order chi connectivity index (χ1) is 8.76. The molecule has 2 fully saturated rings. The zero-order chi connectivity index (χ0) is 12.4. The van der Waals surface area contributed by atoms with Crippen LogP contribution in [0.2, 0.25) is 0 Å². The van der Waals surface area contributed by atoms with Crippen LogP contribution in [0.25, 0.3) is 0 Å². The standard InChI is InChI=1S/C15H21NO2/c1-12-9-16-15(11-18-12)7-14(8-15)17-10-13-5-3-2-4-6-13/h2-6,12,14,16H,7-11H2,1H3/t12-,14?,15?/m1/s1. The van der Waals surface area contributed by atoms with Crippen LogP contribution < -0.4 is 5.32 Å². The van der Waals surface area contributed by atoms with Crippen molar-refractivity contribution >= 4 is 0 Å². The van der Waals surface area contributed by atoms with Crippen LogP contribution >= 0.6 is 0 Å². The molecule has 0 amide bonds. The molecule has 1 aliphatic heterocycles. The van der Waals surface area contributed by atoms with Gasteiger partial charge in [0.2, 0.25) is 0 Å². The smallest absolute Gasteiger partial charge is 0.0720 e. The summed E-state index contributed by atoms with van der Waals surface area (Å²) in [5.74, 6) is 0. The van der Waals surface area contributed by atoms with Gasteiger partial charge >= 0.3 is 0 Å². The molecule has 98 valence electrons. The lowest BCUT2D eigenvalue weighted by atomic mass is 9.74. The first-order valence-corrected chi connectivity index (χ1v) is 6.78. The SMILES string of the molecule is C[C@@H]1CNC2(CO1)CC(OCc1ccccc1)C2. The molecule has 1 atom stereocenters. The zero-order valence-electron chi connectivity index (χ0n) is 10.9. The molecule has 3 rings (SSSR count). The van der Waals surface area contributed by atoms with Gasteiger partial charge in [-0.25, -0.2) is 0 Å². The summed E-state index contributed by atoms with van der Waals surface area (Å²) < 4.78 is 11.7. The van der Waals surface area contributed by atoms with Crippen LogP contribution in [-0.2, 0) is 16.1 Å². The van der Waals surface area contributed by atoms with Crippen molar-refractivity contribution in [2.45, 2.75) is 44.1 Å². The average Bonchev–Trinajstić information content (AvgIpc) is 2.37. The van der Waals surface area contributed by atoms with Crippen molar-refractivity contribution in [3.63, 3.8) is 0 Å². The average molecular weight is 247 g/mol. The Kier molecular flexibility index (Phi) is 3.37. The molecule has 0 radical (unpaired) electrons. The Hall–Kier alpha value is -0.900. The quantitative estimate of drug-likeness (QED) is 0.887. The highest BCUT2D eigenvalue weighted by molar-refractivity contribution is 5.14. The van der Waals surface area contributed by atoms with Crippen molar-refractivity contribution in [1.82, 2.24) is 5.32 Å². The maximum atomic E-state index is 5.92. The summed E-state index contributed by atoms with van der Waals surface area (Å²) in [7, 11) is 0. The van der Waals surface area contributed by atoms with Crippen LogP contribution in [0.3, 0.4) is 0 Å². The van der Waals surface area contributed by atoms with Crippen LogP contribution in [0.5, 0.6) is 0 Å². The van der Waals surface area contributed by atoms with Gasteiger partial charge < -0.3 is 14.8 Å². The third-order valence-corrected chi connectivity index (χ3v) is 3.97. The second kappa shape index (κ2) is 5.00. The van der Waals surface area contributed by atoms with Gasteiger partial charge in [0.05, 0.1) is 25.4 Å². The highest BCUT2D eigenvalue weighted by atomic mass is 16.5. The predicted octanol–water partition coefficient (Wildman–Crippen LogP) is 2.11. The Morgan fingerprint density at radius 3 is 2.78 bits per heavy atom. The van der Waals surface area contributed by atoms with Crippen LogP contribution in [0.4, 0.5) is 0 Å². The molecule has 18 heavy (non-hydrogen) atoms. The number of hydrogen-bond donors (Lipinski definition) is 1. The summed E-state index contributed by atoms with van der Waals surface area (Å²) in [5, 5.41) is 3.60. The fourth-order valence-corrected chi connectivity index (χ4v) is 2.75. The maximum Gasteiger partial charge on any atom is 0.0720 e. The summed E-state index contributed by atoms with van der Waals surface area (Å²) >= 11 is 0. The molecule has 0 unspecified atom stereocenters. The van der Waals surface area contributed by atoms with Crippen LogP contribution in [0.1, 0.15) is 25.3 Å². The molecule has 2 aliphatic rings. The van der Waals surface area contributed by atoms with Crippen molar-refractivity contribution < 1.29 is 9.47 Å². The van der Waals surface area contributed by atoms with E-state index in [9.17, 15) is 0 Å². The molecule has 1 aromatic carbocycles. The minimum atomic E-state index is 0.202. The van der Waals surface area contributed by atoms with E-state index in [0.717, 1.165) is 32.6 Å². The van der Waals surface area contributed by atoms with Crippen molar-refractivity contribution in [2.24, 2.45) is 0 Å². The Morgan fingerprint density at radius 2 is 2.11 bits per heavy atom. The minimum Gasteiger partial charge on any atom is -0.375 e. The fourth-order valence-electron chi connectivity index (χ4n) is 2.75. The van der Waals surface area contributed by atoms with E-state index >= 15 is 0 Å². The van der Waals surface area contributed by atoms with E-state index in [2.05, 4.69) is 36.5 Å². The monoisotopic (exact) mass is 247 g/mol. The molecule has 1 heterocycles. The van der Waals surface area contributed by atoms with E-state index in [1.165, 1.54) is 5.56 Å². The van der Waals surface area contributed by atoms with E-state index in [1.54, 1.807) is 0 Å². The van der Waals surface area contributed by atoms with Gasteiger partial charge in [0.25, 0.3) is 0 Å². The molecule has 0 bridgehead atoms. The maximum absolute atomic E-state index is 5.92. The number of ether oxygens (including phenoxy) is 2. The van der Waals surface area contributed by atoms with Crippen LogP contribution in [0.15, 0.2) is 30.3 Å². The van der Waals surface area contributed by atoms with E-state index < -0.39 is 0 Å². The Morgan fingerprint density at radius 1 is 1.33 bits per heavy atom.